The van der Waals surface area contributed by atoms with Gasteiger partial charge < -0.3 is 14.6 Å². The number of ether oxygens (including phenoxy) is 2. The van der Waals surface area contributed by atoms with E-state index in [4.69, 9.17) is 9.47 Å². The standard InChI is InChI=1S/C22H31NO2.C12H17NO/c1-21(2,3)17-7-10-19(11-8-17)25-15-23-14-16-13-18(22(4,5)6)9-12-20(16)24;1-12(2,3)10-4-5-11-9(6-10)7-13-8-14-11/h7-13,23-24H,14-15H2,1-6H3;4-6,13H,7-8H2,1-3H3. The van der Waals surface area contributed by atoms with Crippen LogP contribution in [-0.4, -0.2) is 18.6 Å². The number of aromatic hydroxyl groups is 1. The summed E-state index contributed by atoms with van der Waals surface area (Å²) in [6, 6.07) is 20.5. The summed E-state index contributed by atoms with van der Waals surface area (Å²) in [5, 5.41) is 16.5. The Labute approximate surface area is 236 Å². The van der Waals surface area contributed by atoms with Crippen LogP contribution in [0, 0.1) is 0 Å². The second-order valence-corrected chi connectivity index (χ2v) is 13.4. The SMILES string of the molecule is CC(C)(C)c1ccc(OCNCc2cc(C(C)(C)C)ccc2O)cc1.CC(C)(C)c1ccc2c(c1)CNCO2. The Bertz CT molecular complexity index is 1210. The molecule has 0 fully saturated rings. The van der Waals surface area contributed by atoms with Gasteiger partial charge in [-0.2, -0.15) is 0 Å². The first-order chi connectivity index (χ1) is 18.1. The molecule has 0 bridgehead atoms. The van der Waals surface area contributed by atoms with Gasteiger partial charge >= 0.3 is 0 Å². The van der Waals surface area contributed by atoms with E-state index in [1.165, 1.54) is 22.3 Å². The molecule has 212 valence electrons. The highest BCUT2D eigenvalue weighted by Gasteiger charge is 2.18. The molecule has 0 saturated carbocycles. The van der Waals surface area contributed by atoms with Crippen molar-refractivity contribution in [3.63, 3.8) is 0 Å². The summed E-state index contributed by atoms with van der Waals surface area (Å²) in [7, 11) is 0. The maximum atomic E-state index is 10.0. The first-order valence-electron chi connectivity index (χ1n) is 13.9. The van der Waals surface area contributed by atoms with Crippen molar-refractivity contribution in [2.24, 2.45) is 0 Å². The van der Waals surface area contributed by atoms with E-state index in [1.54, 1.807) is 6.07 Å². The molecule has 3 aromatic rings. The van der Waals surface area contributed by atoms with E-state index < -0.39 is 0 Å². The van der Waals surface area contributed by atoms with Gasteiger partial charge in [-0.05, 0) is 57.2 Å². The Morgan fingerprint density at radius 2 is 1.33 bits per heavy atom. The van der Waals surface area contributed by atoms with E-state index >= 15 is 0 Å². The Hall–Kier alpha value is -3.02. The van der Waals surface area contributed by atoms with Crippen LogP contribution in [0.4, 0.5) is 0 Å². The summed E-state index contributed by atoms with van der Waals surface area (Å²) >= 11 is 0. The molecule has 0 amide bonds. The number of phenolic OH excluding ortho intramolecular Hbond substituents is 1. The summed E-state index contributed by atoms with van der Waals surface area (Å²) in [4.78, 5) is 0. The maximum Gasteiger partial charge on any atom is 0.139 e. The van der Waals surface area contributed by atoms with Gasteiger partial charge in [0.05, 0.1) is 0 Å². The minimum atomic E-state index is 0.0632. The van der Waals surface area contributed by atoms with Crippen LogP contribution in [0.1, 0.15) is 90.1 Å². The van der Waals surface area contributed by atoms with Gasteiger partial charge in [-0.15, -0.1) is 0 Å². The van der Waals surface area contributed by atoms with E-state index in [-0.39, 0.29) is 16.2 Å². The zero-order valence-electron chi connectivity index (χ0n) is 25.4. The highest BCUT2D eigenvalue weighted by atomic mass is 16.5. The van der Waals surface area contributed by atoms with Gasteiger partial charge in [0.15, 0.2) is 0 Å². The summed E-state index contributed by atoms with van der Waals surface area (Å²) in [5.74, 6) is 2.18. The Kier molecular flexibility index (Phi) is 9.74. The minimum Gasteiger partial charge on any atom is -0.508 e. The number of nitrogens with one attached hydrogen (secondary N) is 2. The monoisotopic (exact) mass is 532 g/mol. The van der Waals surface area contributed by atoms with Crippen molar-refractivity contribution in [3.8, 4) is 17.2 Å². The molecule has 5 heteroatoms. The van der Waals surface area contributed by atoms with E-state index in [2.05, 4.69) is 109 Å². The molecular weight excluding hydrogens is 484 g/mol. The number of phenols is 1. The minimum absolute atomic E-state index is 0.0632. The Balaban J connectivity index is 0.000000252. The molecule has 1 heterocycles. The third-order valence-electron chi connectivity index (χ3n) is 6.89. The van der Waals surface area contributed by atoms with Crippen molar-refractivity contribution < 1.29 is 14.6 Å². The van der Waals surface area contributed by atoms with E-state index in [9.17, 15) is 5.11 Å². The van der Waals surface area contributed by atoms with Gasteiger partial charge in [-0.3, -0.25) is 10.6 Å². The fourth-order valence-corrected chi connectivity index (χ4v) is 4.20. The molecule has 0 aromatic heterocycles. The number of benzene rings is 3. The Morgan fingerprint density at radius 1 is 0.769 bits per heavy atom. The molecule has 5 nitrogen and oxygen atoms in total. The molecule has 0 saturated heterocycles. The molecule has 1 aliphatic rings. The third kappa shape index (κ3) is 9.01. The molecule has 3 aromatic carbocycles. The number of fused-ring (bicyclic) bond motifs is 1. The fourth-order valence-electron chi connectivity index (χ4n) is 4.20. The van der Waals surface area contributed by atoms with E-state index in [1.807, 2.05) is 18.2 Å². The van der Waals surface area contributed by atoms with Crippen molar-refractivity contribution in [3.05, 3.63) is 88.5 Å². The third-order valence-corrected chi connectivity index (χ3v) is 6.89. The molecule has 0 atom stereocenters. The van der Waals surface area contributed by atoms with Crippen molar-refractivity contribution in [1.82, 2.24) is 10.6 Å². The molecule has 39 heavy (non-hydrogen) atoms. The second kappa shape index (κ2) is 12.4. The van der Waals surface area contributed by atoms with Crippen LogP contribution in [0.3, 0.4) is 0 Å². The van der Waals surface area contributed by atoms with Gasteiger partial charge in [0.2, 0.25) is 0 Å². The van der Waals surface area contributed by atoms with Crippen molar-refractivity contribution >= 4 is 0 Å². The van der Waals surface area contributed by atoms with Gasteiger partial charge in [0.25, 0.3) is 0 Å². The van der Waals surface area contributed by atoms with E-state index in [0.717, 1.165) is 23.6 Å². The van der Waals surface area contributed by atoms with Gasteiger partial charge in [-0.1, -0.05) is 98.7 Å². The van der Waals surface area contributed by atoms with Crippen LogP contribution in [-0.2, 0) is 29.3 Å². The number of rotatable bonds is 5. The van der Waals surface area contributed by atoms with Crippen LogP contribution in [0.5, 0.6) is 17.2 Å². The van der Waals surface area contributed by atoms with Gasteiger partial charge in [0, 0.05) is 24.2 Å². The molecule has 4 rings (SSSR count). The number of hydrogen-bond acceptors (Lipinski definition) is 5. The summed E-state index contributed by atoms with van der Waals surface area (Å²) in [5.41, 5.74) is 6.44. The van der Waals surface area contributed by atoms with Crippen LogP contribution in [0.25, 0.3) is 0 Å². The van der Waals surface area contributed by atoms with Gasteiger partial charge in [-0.25, -0.2) is 0 Å². The first kappa shape index (κ1) is 30.5. The average Bonchev–Trinajstić information content (AvgIpc) is 2.86. The summed E-state index contributed by atoms with van der Waals surface area (Å²) in [6.45, 7) is 22.3. The molecule has 0 aliphatic carbocycles. The average molecular weight is 533 g/mol. The van der Waals surface area contributed by atoms with Crippen molar-refractivity contribution in [2.45, 2.75) is 91.6 Å². The fraction of sp³-hybridized carbons (Fsp3) is 0.471. The lowest BCUT2D eigenvalue weighted by atomic mass is 9.86. The topological polar surface area (TPSA) is 62.8 Å². The van der Waals surface area contributed by atoms with Crippen molar-refractivity contribution in [2.75, 3.05) is 13.5 Å². The highest BCUT2D eigenvalue weighted by molar-refractivity contribution is 5.41. The molecule has 0 unspecified atom stereocenters. The largest absolute Gasteiger partial charge is 0.508 e. The van der Waals surface area contributed by atoms with Crippen LogP contribution >= 0.6 is 0 Å². The predicted molar refractivity (Wildman–Crippen MR) is 162 cm³/mol. The maximum absolute atomic E-state index is 10.0. The molecule has 0 spiro atoms. The predicted octanol–water partition coefficient (Wildman–Crippen LogP) is 7.54. The number of hydrogen-bond donors (Lipinski definition) is 3. The van der Waals surface area contributed by atoms with Crippen molar-refractivity contribution in [1.29, 1.82) is 0 Å². The highest BCUT2D eigenvalue weighted by Crippen LogP contribution is 2.30. The second-order valence-electron chi connectivity index (χ2n) is 13.4. The lowest BCUT2D eigenvalue weighted by molar-refractivity contribution is 0.257. The smallest absolute Gasteiger partial charge is 0.139 e. The Morgan fingerprint density at radius 3 is 1.95 bits per heavy atom. The van der Waals surface area contributed by atoms with Crippen LogP contribution in [0.15, 0.2) is 60.7 Å². The van der Waals surface area contributed by atoms with Crippen LogP contribution in [0.2, 0.25) is 0 Å². The molecule has 0 radical (unpaired) electrons. The summed E-state index contributed by atoms with van der Waals surface area (Å²) in [6.07, 6.45) is 0. The zero-order valence-corrected chi connectivity index (χ0v) is 25.4. The van der Waals surface area contributed by atoms with E-state index in [0.29, 0.717) is 25.8 Å². The lowest BCUT2D eigenvalue weighted by Crippen LogP contribution is -2.25. The lowest BCUT2D eigenvalue weighted by Gasteiger charge is -2.24. The van der Waals surface area contributed by atoms with Crippen LogP contribution < -0.4 is 20.1 Å². The zero-order chi connectivity index (χ0) is 28.8. The first-order valence-corrected chi connectivity index (χ1v) is 13.9. The molecular formula is C34H48N2O3. The molecule has 3 N–H and O–H groups in total. The normalized spacial score (nSPS) is 13.6. The van der Waals surface area contributed by atoms with Gasteiger partial charge in [0.1, 0.15) is 30.7 Å². The molecule has 1 aliphatic heterocycles. The quantitative estimate of drug-likeness (QED) is 0.234. The summed E-state index contributed by atoms with van der Waals surface area (Å²) < 4.78 is 11.2.